The van der Waals surface area contributed by atoms with E-state index in [1.165, 1.54) is 6.07 Å². The molecular formula is C20H21ClN4O5. The van der Waals surface area contributed by atoms with Crippen LogP contribution in [-0.2, 0) is 0 Å². The minimum absolute atomic E-state index is 0.0323. The SMILES string of the molecule is O=C(NC[C@@H]1COc2ccccc2O1)N1CCN(c2ccc(Cl)cc2[N+](=O)[O-])CC1. The van der Waals surface area contributed by atoms with Crippen LogP contribution < -0.4 is 19.7 Å². The van der Waals surface area contributed by atoms with Gasteiger partial charge in [0.15, 0.2) is 17.6 Å². The van der Waals surface area contributed by atoms with E-state index in [4.69, 9.17) is 21.1 Å². The number of piperazine rings is 1. The topological polar surface area (TPSA) is 97.2 Å². The molecule has 1 saturated heterocycles. The Hall–Kier alpha value is -3.20. The van der Waals surface area contributed by atoms with Gasteiger partial charge in [-0.1, -0.05) is 23.7 Å². The summed E-state index contributed by atoms with van der Waals surface area (Å²) in [5, 5.41) is 14.5. The Bertz CT molecular complexity index is 949. The number of fused-ring (bicyclic) bond motifs is 1. The second kappa shape index (κ2) is 8.66. The Morgan fingerprint density at radius 1 is 1.17 bits per heavy atom. The van der Waals surface area contributed by atoms with Gasteiger partial charge in [0, 0.05) is 37.3 Å². The highest BCUT2D eigenvalue weighted by Crippen LogP contribution is 2.32. The Balaban J connectivity index is 1.29. The van der Waals surface area contributed by atoms with Gasteiger partial charge in [0.05, 0.1) is 11.5 Å². The third-order valence-electron chi connectivity index (χ3n) is 5.09. The summed E-state index contributed by atoms with van der Waals surface area (Å²) in [6, 6.07) is 11.9. The number of anilines is 1. The average Bonchev–Trinajstić information content (AvgIpc) is 2.77. The van der Waals surface area contributed by atoms with Crippen LogP contribution in [0.2, 0.25) is 5.02 Å². The quantitative estimate of drug-likeness (QED) is 0.589. The highest BCUT2D eigenvalue weighted by Gasteiger charge is 2.27. The predicted molar refractivity (Wildman–Crippen MR) is 112 cm³/mol. The first kappa shape index (κ1) is 20.1. The van der Waals surface area contributed by atoms with Gasteiger partial charge >= 0.3 is 6.03 Å². The molecule has 0 unspecified atom stereocenters. The van der Waals surface area contributed by atoms with E-state index in [0.717, 1.165) is 0 Å². The molecule has 2 aromatic rings. The first-order valence-electron chi connectivity index (χ1n) is 9.61. The van der Waals surface area contributed by atoms with Crippen LogP contribution in [0.25, 0.3) is 0 Å². The number of urea groups is 1. The fourth-order valence-electron chi connectivity index (χ4n) is 3.54. The maximum Gasteiger partial charge on any atom is 0.317 e. The van der Waals surface area contributed by atoms with Gasteiger partial charge in [-0.05, 0) is 24.3 Å². The minimum Gasteiger partial charge on any atom is -0.486 e. The minimum atomic E-state index is -0.440. The summed E-state index contributed by atoms with van der Waals surface area (Å²) < 4.78 is 11.5. The lowest BCUT2D eigenvalue weighted by atomic mass is 10.2. The highest BCUT2D eigenvalue weighted by atomic mass is 35.5. The van der Waals surface area contributed by atoms with Crippen molar-refractivity contribution in [3.8, 4) is 11.5 Å². The number of rotatable bonds is 4. The number of nitro benzene ring substituents is 1. The van der Waals surface area contributed by atoms with Gasteiger partial charge in [-0.3, -0.25) is 10.1 Å². The monoisotopic (exact) mass is 432 g/mol. The molecule has 2 aromatic carbocycles. The summed E-state index contributed by atoms with van der Waals surface area (Å²) in [6.45, 7) is 2.59. The van der Waals surface area contributed by atoms with Crippen molar-refractivity contribution in [1.29, 1.82) is 0 Å². The number of ether oxygens (including phenoxy) is 2. The average molecular weight is 433 g/mol. The standard InChI is InChI=1S/C20H21ClN4O5/c21-14-5-6-16(17(11-14)25(27)28)23-7-9-24(10-8-23)20(26)22-12-15-13-29-18-3-1-2-4-19(18)30-15/h1-6,11,15H,7-10,12-13H2,(H,22,26)/t15-/m1/s1. The Kier molecular flexibility index (Phi) is 5.80. The van der Waals surface area contributed by atoms with E-state index < -0.39 is 4.92 Å². The van der Waals surface area contributed by atoms with Crippen molar-refractivity contribution in [3.63, 3.8) is 0 Å². The molecule has 0 saturated carbocycles. The lowest BCUT2D eigenvalue weighted by Gasteiger charge is -2.36. The number of hydrogen-bond acceptors (Lipinski definition) is 6. The van der Waals surface area contributed by atoms with E-state index in [2.05, 4.69) is 5.32 Å². The number of nitrogens with one attached hydrogen (secondary N) is 1. The van der Waals surface area contributed by atoms with Crippen molar-refractivity contribution in [3.05, 3.63) is 57.6 Å². The van der Waals surface area contributed by atoms with Crippen molar-refractivity contribution in [2.75, 3.05) is 44.2 Å². The Morgan fingerprint density at radius 3 is 2.63 bits per heavy atom. The number of halogens is 1. The summed E-state index contributed by atoms with van der Waals surface area (Å²) in [4.78, 5) is 27.0. The molecule has 0 aliphatic carbocycles. The lowest BCUT2D eigenvalue weighted by molar-refractivity contribution is -0.384. The van der Waals surface area contributed by atoms with Crippen LogP contribution in [-0.4, -0.2) is 61.3 Å². The third kappa shape index (κ3) is 4.35. The van der Waals surface area contributed by atoms with E-state index in [9.17, 15) is 14.9 Å². The van der Waals surface area contributed by atoms with E-state index in [1.807, 2.05) is 29.2 Å². The summed E-state index contributed by atoms with van der Waals surface area (Å²) in [6.07, 6.45) is -0.262. The summed E-state index contributed by atoms with van der Waals surface area (Å²) in [5.74, 6) is 1.37. The van der Waals surface area contributed by atoms with Crippen LogP contribution in [0.5, 0.6) is 11.5 Å². The molecule has 2 heterocycles. The maximum absolute atomic E-state index is 12.5. The molecule has 4 rings (SSSR count). The Labute approximate surface area is 178 Å². The number of carbonyl (C=O) groups excluding carboxylic acids is 1. The number of carbonyl (C=O) groups is 1. The highest BCUT2D eigenvalue weighted by molar-refractivity contribution is 6.30. The van der Waals surface area contributed by atoms with Gasteiger partial charge in [0.2, 0.25) is 0 Å². The van der Waals surface area contributed by atoms with Gasteiger partial charge in [-0.2, -0.15) is 0 Å². The van der Waals surface area contributed by atoms with Crippen molar-refractivity contribution >= 4 is 29.0 Å². The second-order valence-corrected chi connectivity index (χ2v) is 7.48. The molecule has 30 heavy (non-hydrogen) atoms. The normalized spacial score (nSPS) is 18.1. The first-order valence-corrected chi connectivity index (χ1v) is 9.99. The number of nitrogens with zero attached hydrogens (tertiary/aromatic N) is 3. The molecule has 0 bridgehead atoms. The van der Waals surface area contributed by atoms with Crippen molar-refractivity contribution in [1.82, 2.24) is 10.2 Å². The van der Waals surface area contributed by atoms with E-state index in [-0.39, 0.29) is 17.8 Å². The molecule has 158 valence electrons. The molecular weight excluding hydrogens is 412 g/mol. The van der Waals surface area contributed by atoms with Gasteiger partial charge in [0.25, 0.3) is 5.69 Å². The molecule has 0 radical (unpaired) electrons. The van der Waals surface area contributed by atoms with Gasteiger partial charge in [-0.25, -0.2) is 4.79 Å². The zero-order valence-corrected chi connectivity index (χ0v) is 16.9. The fraction of sp³-hybridized carbons (Fsp3) is 0.350. The van der Waals surface area contributed by atoms with Crippen molar-refractivity contribution in [2.24, 2.45) is 0 Å². The number of nitro groups is 1. The zero-order valence-electron chi connectivity index (χ0n) is 16.1. The molecule has 0 aromatic heterocycles. The molecule has 10 heteroatoms. The third-order valence-corrected chi connectivity index (χ3v) is 5.33. The van der Waals surface area contributed by atoms with E-state index in [0.29, 0.717) is 61.5 Å². The number of benzene rings is 2. The van der Waals surface area contributed by atoms with Crippen LogP contribution in [0, 0.1) is 10.1 Å². The number of para-hydroxylation sites is 2. The largest absolute Gasteiger partial charge is 0.486 e. The van der Waals surface area contributed by atoms with Crippen molar-refractivity contribution in [2.45, 2.75) is 6.10 Å². The van der Waals surface area contributed by atoms with E-state index >= 15 is 0 Å². The molecule has 2 aliphatic rings. The molecule has 2 aliphatic heterocycles. The Morgan fingerprint density at radius 2 is 1.90 bits per heavy atom. The van der Waals surface area contributed by atoms with Crippen LogP contribution in [0.1, 0.15) is 0 Å². The molecule has 1 N–H and O–H groups in total. The smallest absolute Gasteiger partial charge is 0.317 e. The number of amides is 2. The molecule has 1 atom stereocenters. The summed E-state index contributed by atoms with van der Waals surface area (Å²) >= 11 is 5.89. The van der Waals surface area contributed by atoms with Crippen LogP contribution in [0.15, 0.2) is 42.5 Å². The van der Waals surface area contributed by atoms with Crippen LogP contribution in [0.3, 0.4) is 0 Å². The fourth-order valence-corrected chi connectivity index (χ4v) is 3.70. The molecule has 1 fully saturated rings. The lowest BCUT2D eigenvalue weighted by Crippen LogP contribution is -2.53. The van der Waals surface area contributed by atoms with Crippen LogP contribution >= 0.6 is 11.6 Å². The van der Waals surface area contributed by atoms with Crippen LogP contribution in [0.4, 0.5) is 16.2 Å². The zero-order chi connectivity index (χ0) is 21.1. The van der Waals surface area contributed by atoms with Crippen molar-refractivity contribution < 1.29 is 19.2 Å². The molecule has 0 spiro atoms. The van der Waals surface area contributed by atoms with Gasteiger partial charge in [0.1, 0.15) is 12.3 Å². The molecule has 9 nitrogen and oxygen atoms in total. The van der Waals surface area contributed by atoms with Gasteiger partial charge in [-0.15, -0.1) is 0 Å². The first-order chi connectivity index (χ1) is 14.5. The molecule has 2 amide bonds. The number of hydrogen-bond donors (Lipinski definition) is 1. The maximum atomic E-state index is 12.5. The summed E-state index contributed by atoms with van der Waals surface area (Å²) in [7, 11) is 0. The van der Waals surface area contributed by atoms with Gasteiger partial charge < -0.3 is 24.6 Å². The van der Waals surface area contributed by atoms with E-state index in [1.54, 1.807) is 17.0 Å². The predicted octanol–water partition coefficient (Wildman–Crippen LogP) is 2.92. The summed E-state index contributed by atoms with van der Waals surface area (Å²) in [5.41, 5.74) is 0.478. The second-order valence-electron chi connectivity index (χ2n) is 7.05.